The Morgan fingerprint density at radius 3 is 2.41 bits per heavy atom. The van der Waals surface area contributed by atoms with E-state index in [9.17, 15) is 28.1 Å². The standard InChI is InChI=1S/C9H7F3N2O3/c1-13-8(15)6-4-5(14(16)17)2-3-7(6)9(10,11)12/h2-4H,1H3,(H,13,15). The summed E-state index contributed by atoms with van der Waals surface area (Å²) in [5.74, 6) is -1.03. The van der Waals surface area contributed by atoms with E-state index in [1.807, 2.05) is 5.32 Å². The third-order valence-corrected chi connectivity index (χ3v) is 1.99. The van der Waals surface area contributed by atoms with Crippen molar-refractivity contribution < 1.29 is 22.9 Å². The normalized spacial score (nSPS) is 11.1. The Morgan fingerprint density at radius 1 is 1.41 bits per heavy atom. The van der Waals surface area contributed by atoms with Gasteiger partial charge in [0.2, 0.25) is 0 Å². The second kappa shape index (κ2) is 4.40. The molecular formula is C9H7F3N2O3. The first-order chi connectivity index (χ1) is 7.77. The van der Waals surface area contributed by atoms with Crippen LogP contribution in [0.3, 0.4) is 0 Å². The van der Waals surface area contributed by atoms with Crippen molar-refractivity contribution in [1.29, 1.82) is 0 Å². The summed E-state index contributed by atoms with van der Waals surface area (Å²) in [6, 6.07) is 1.82. The minimum Gasteiger partial charge on any atom is -0.355 e. The van der Waals surface area contributed by atoms with Crippen LogP contribution in [-0.4, -0.2) is 17.9 Å². The number of benzene rings is 1. The Kier molecular flexibility index (Phi) is 3.35. The number of amides is 1. The fourth-order valence-electron chi connectivity index (χ4n) is 1.22. The van der Waals surface area contributed by atoms with Crippen molar-refractivity contribution in [2.24, 2.45) is 0 Å². The third kappa shape index (κ3) is 2.71. The lowest BCUT2D eigenvalue weighted by Gasteiger charge is -2.11. The van der Waals surface area contributed by atoms with Crippen LogP contribution >= 0.6 is 0 Å². The molecule has 1 N–H and O–H groups in total. The minimum atomic E-state index is -4.74. The van der Waals surface area contributed by atoms with Gasteiger partial charge in [0.05, 0.1) is 16.1 Å². The maximum atomic E-state index is 12.5. The molecule has 0 fully saturated rings. The third-order valence-electron chi connectivity index (χ3n) is 1.99. The smallest absolute Gasteiger partial charge is 0.355 e. The zero-order valence-electron chi connectivity index (χ0n) is 8.54. The van der Waals surface area contributed by atoms with E-state index in [-0.39, 0.29) is 0 Å². The van der Waals surface area contributed by atoms with Crippen LogP contribution in [0.25, 0.3) is 0 Å². The largest absolute Gasteiger partial charge is 0.417 e. The summed E-state index contributed by atoms with van der Waals surface area (Å²) >= 11 is 0. The average molecular weight is 248 g/mol. The molecule has 0 bridgehead atoms. The van der Waals surface area contributed by atoms with Gasteiger partial charge < -0.3 is 5.32 Å². The molecule has 1 amide bonds. The highest BCUT2D eigenvalue weighted by molar-refractivity contribution is 5.96. The molecule has 0 heterocycles. The van der Waals surface area contributed by atoms with Crippen LogP contribution in [0.4, 0.5) is 18.9 Å². The van der Waals surface area contributed by atoms with Gasteiger partial charge in [-0.25, -0.2) is 0 Å². The highest BCUT2D eigenvalue weighted by Crippen LogP contribution is 2.33. The van der Waals surface area contributed by atoms with Crippen LogP contribution in [0, 0.1) is 10.1 Å². The molecule has 17 heavy (non-hydrogen) atoms. The number of alkyl halides is 3. The summed E-state index contributed by atoms with van der Waals surface area (Å²) in [6.45, 7) is 0. The van der Waals surface area contributed by atoms with Gasteiger partial charge in [-0.1, -0.05) is 0 Å². The van der Waals surface area contributed by atoms with Gasteiger partial charge in [0, 0.05) is 19.2 Å². The van der Waals surface area contributed by atoms with Crippen molar-refractivity contribution in [1.82, 2.24) is 5.32 Å². The molecule has 0 atom stereocenters. The number of carbonyl (C=O) groups excluding carboxylic acids is 1. The molecule has 1 aromatic rings. The molecule has 5 nitrogen and oxygen atoms in total. The van der Waals surface area contributed by atoms with Crippen molar-refractivity contribution >= 4 is 11.6 Å². The number of carbonyl (C=O) groups is 1. The van der Waals surface area contributed by atoms with E-state index in [4.69, 9.17) is 0 Å². The maximum Gasteiger partial charge on any atom is 0.417 e. The average Bonchev–Trinajstić information content (AvgIpc) is 2.25. The van der Waals surface area contributed by atoms with E-state index in [0.717, 1.165) is 7.05 Å². The summed E-state index contributed by atoms with van der Waals surface area (Å²) in [6.07, 6.45) is -4.74. The van der Waals surface area contributed by atoms with Gasteiger partial charge in [0.25, 0.3) is 11.6 Å². The van der Waals surface area contributed by atoms with E-state index in [0.29, 0.717) is 18.2 Å². The second-order valence-corrected chi connectivity index (χ2v) is 3.06. The zero-order chi connectivity index (χ0) is 13.2. The molecule has 0 aliphatic heterocycles. The van der Waals surface area contributed by atoms with Gasteiger partial charge in [0.1, 0.15) is 0 Å². The number of nitro groups is 1. The summed E-state index contributed by atoms with van der Waals surface area (Å²) in [5, 5.41) is 12.4. The highest BCUT2D eigenvalue weighted by Gasteiger charge is 2.36. The molecule has 0 aliphatic carbocycles. The van der Waals surface area contributed by atoms with Gasteiger partial charge >= 0.3 is 6.18 Å². The van der Waals surface area contributed by atoms with E-state index in [1.54, 1.807) is 0 Å². The van der Waals surface area contributed by atoms with Crippen LogP contribution in [0.2, 0.25) is 0 Å². The fourth-order valence-corrected chi connectivity index (χ4v) is 1.22. The molecule has 0 saturated heterocycles. The summed E-state index contributed by atoms with van der Waals surface area (Å²) in [4.78, 5) is 20.8. The number of halogens is 3. The SMILES string of the molecule is CNC(=O)c1cc([N+](=O)[O-])ccc1C(F)(F)F. The van der Waals surface area contributed by atoms with Gasteiger partial charge in [-0.2, -0.15) is 13.2 Å². The molecule has 0 aromatic heterocycles. The van der Waals surface area contributed by atoms with E-state index in [1.165, 1.54) is 0 Å². The maximum absolute atomic E-state index is 12.5. The summed E-state index contributed by atoms with van der Waals surface area (Å²) in [5.41, 5.74) is -2.55. The van der Waals surface area contributed by atoms with E-state index in [2.05, 4.69) is 0 Å². The van der Waals surface area contributed by atoms with Crippen molar-refractivity contribution in [3.8, 4) is 0 Å². The zero-order valence-corrected chi connectivity index (χ0v) is 8.54. The number of nitrogens with one attached hydrogen (secondary N) is 1. The van der Waals surface area contributed by atoms with Crippen molar-refractivity contribution in [3.05, 3.63) is 39.4 Å². The molecule has 1 rings (SSSR count). The number of hydrogen-bond acceptors (Lipinski definition) is 3. The number of rotatable bonds is 2. The van der Waals surface area contributed by atoms with Crippen molar-refractivity contribution in [2.75, 3.05) is 7.05 Å². The number of nitro benzene ring substituents is 1. The lowest BCUT2D eigenvalue weighted by molar-refractivity contribution is -0.384. The van der Waals surface area contributed by atoms with Crippen LogP contribution in [0.1, 0.15) is 15.9 Å². The fraction of sp³-hybridized carbons (Fsp3) is 0.222. The summed E-state index contributed by atoms with van der Waals surface area (Å²) in [7, 11) is 1.14. The number of non-ortho nitro benzene ring substituents is 1. The quantitative estimate of drug-likeness (QED) is 0.642. The van der Waals surface area contributed by atoms with Crippen LogP contribution in [0.5, 0.6) is 0 Å². The first-order valence-electron chi connectivity index (χ1n) is 4.35. The first kappa shape index (κ1) is 12.9. The lowest BCUT2D eigenvalue weighted by Crippen LogP contribution is -2.22. The Bertz CT molecular complexity index is 471. The monoisotopic (exact) mass is 248 g/mol. The number of nitrogens with zero attached hydrogens (tertiary/aromatic N) is 1. The minimum absolute atomic E-state index is 0.517. The molecule has 0 spiro atoms. The molecule has 0 unspecified atom stereocenters. The van der Waals surface area contributed by atoms with Gasteiger partial charge in [0.15, 0.2) is 0 Å². The molecular weight excluding hydrogens is 241 g/mol. The molecule has 92 valence electrons. The Morgan fingerprint density at radius 2 is 2.00 bits per heavy atom. The van der Waals surface area contributed by atoms with Crippen molar-refractivity contribution in [3.63, 3.8) is 0 Å². The first-order valence-corrected chi connectivity index (χ1v) is 4.35. The second-order valence-electron chi connectivity index (χ2n) is 3.06. The van der Waals surface area contributed by atoms with E-state index < -0.39 is 33.8 Å². The van der Waals surface area contributed by atoms with Crippen molar-refractivity contribution in [2.45, 2.75) is 6.18 Å². The van der Waals surface area contributed by atoms with Crippen LogP contribution < -0.4 is 5.32 Å². The molecule has 0 aliphatic rings. The van der Waals surface area contributed by atoms with Crippen LogP contribution in [-0.2, 0) is 6.18 Å². The molecule has 8 heteroatoms. The number of hydrogen-bond donors (Lipinski definition) is 1. The van der Waals surface area contributed by atoms with E-state index >= 15 is 0 Å². The summed E-state index contributed by atoms with van der Waals surface area (Å²) < 4.78 is 37.6. The van der Waals surface area contributed by atoms with Crippen LogP contribution in [0.15, 0.2) is 18.2 Å². The Labute approximate surface area is 93.4 Å². The van der Waals surface area contributed by atoms with Gasteiger partial charge in [-0.3, -0.25) is 14.9 Å². The Hall–Kier alpha value is -2.12. The Balaban J connectivity index is 3.42. The highest BCUT2D eigenvalue weighted by atomic mass is 19.4. The van der Waals surface area contributed by atoms with Gasteiger partial charge in [-0.15, -0.1) is 0 Å². The molecule has 1 aromatic carbocycles. The van der Waals surface area contributed by atoms with Gasteiger partial charge in [-0.05, 0) is 6.07 Å². The lowest BCUT2D eigenvalue weighted by atomic mass is 10.1. The molecule has 0 radical (unpaired) electrons. The topological polar surface area (TPSA) is 72.2 Å². The predicted octanol–water partition coefficient (Wildman–Crippen LogP) is 1.97. The molecule has 0 saturated carbocycles. The predicted molar refractivity (Wildman–Crippen MR) is 51.5 cm³/mol.